The van der Waals surface area contributed by atoms with Crippen LogP contribution in [0.1, 0.15) is 5.82 Å². The summed E-state index contributed by atoms with van der Waals surface area (Å²) in [7, 11) is -4.57. The van der Waals surface area contributed by atoms with Gasteiger partial charge in [-0.3, -0.25) is 4.57 Å². The van der Waals surface area contributed by atoms with Crippen LogP contribution in [0.15, 0.2) is 35.2 Å². The van der Waals surface area contributed by atoms with Crippen LogP contribution in [0, 0.1) is 6.92 Å². The molecule has 0 aliphatic rings. The van der Waals surface area contributed by atoms with Gasteiger partial charge in [-0.2, -0.15) is 0 Å². The second kappa shape index (κ2) is 8.66. The van der Waals surface area contributed by atoms with E-state index in [0.717, 1.165) is 11.9 Å². The summed E-state index contributed by atoms with van der Waals surface area (Å²) in [4.78, 5) is 9.27. The van der Waals surface area contributed by atoms with Gasteiger partial charge in [-0.25, -0.2) is 18.4 Å². The third-order valence-electron chi connectivity index (χ3n) is 4.64. The quantitative estimate of drug-likeness (QED) is 0.290. The van der Waals surface area contributed by atoms with Gasteiger partial charge in [0.2, 0.25) is 0 Å². The van der Waals surface area contributed by atoms with E-state index in [-0.39, 0.29) is 10.0 Å². The molecule has 0 bridgehead atoms. The van der Waals surface area contributed by atoms with Crippen molar-refractivity contribution in [3.05, 3.63) is 41.3 Å². The Hall–Kier alpha value is -1.94. The SMILES string of the molecule is Cc1nc2c(Nc3ccccc3S(C)(=O)=O)cc(Cl)nc2n1COCC[Si](C)(C)C. The first-order valence-electron chi connectivity index (χ1n) is 9.63. The Labute approximate surface area is 183 Å². The maximum atomic E-state index is 12.1. The van der Waals surface area contributed by atoms with E-state index >= 15 is 0 Å². The lowest BCUT2D eigenvalue weighted by molar-refractivity contribution is 0.0881. The molecule has 0 spiro atoms. The summed E-state index contributed by atoms with van der Waals surface area (Å²) in [5.74, 6) is 0.743. The number of hydrogen-bond donors (Lipinski definition) is 1. The van der Waals surface area contributed by atoms with Crippen molar-refractivity contribution in [3.63, 3.8) is 0 Å². The van der Waals surface area contributed by atoms with Gasteiger partial charge in [-0.15, -0.1) is 0 Å². The lowest BCUT2D eigenvalue weighted by Gasteiger charge is -2.16. The monoisotopic (exact) mass is 466 g/mol. The van der Waals surface area contributed by atoms with Gasteiger partial charge in [0.05, 0.1) is 16.3 Å². The highest BCUT2D eigenvalue weighted by molar-refractivity contribution is 7.90. The average Bonchev–Trinajstić information content (AvgIpc) is 2.93. The number of pyridine rings is 1. The third-order valence-corrected chi connectivity index (χ3v) is 7.69. The molecule has 0 saturated heterocycles. The molecular weight excluding hydrogens is 440 g/mol. The largest absolute Gasteiger partial charge is 0.361 e. The first-order chi connectivity index (χ1) is 14.0. The van der Waals surface area contributed by atoms with Gasteiger partial charge in [-0.05, 0) is 25.1 Å². The van der Waals surface area contributed by atoms with Crippen LogP contribution in [0.2, 0.25) is 30.8 Å². The Morgan fingerprint density at radius 1 is 1.17 bits per heavy atom. The van der Waals surface area contributed by atoms with Crippen LogP contribution in [0.3, 0.4) is 0 Å². The zero-order valence-electron chi connectivity index (χ0n) is 17.9. The minimum absolute atomic E-state index is 0.205. The number of para-hydroxylation sites is 1. The van der Waals surface area contributed by atoms with Crippen molar-refractivity contribution in [3.8, 4) is 0 Å². The summed E-state index contributed by atoms with van der Waals surface area (Å²) in [6.45, 7) is 9.82. The molecular formula is C20H27ClN4O3SSi. The van der Waals surface area contributed by atoms with Crippen LogP contribution in [0.5, 0.6) is 0 Å². The van der Waals surface area contributed by atoms with Gasteiger partial charge in [-0.1, -0.05) is 43.4 Å². The number of fused-ring (bicyclic) bond motifs is 1. The summed E-state index contributed by atoms with van der Waals surface area (Å²) in [6.07, 6.45) is 1.18. The highest BCUT2D eigenvalue weighted by Crippen LogP contribution is 2.31. The Morgan fingerprint density at radius 3 is 2.53 bits per heavy atom. The summed E-state index contributed by atoms with van der Waals surface area (Å²) in [5.41, 5.74) is 2.24. The molecule has 0 aliphatic heterocycles. The predicted octanol–water partition coefficient (Wildman–Crippen LogP) is 4.85. The van der Waals surface area contributed by atoms with Gasteiger partial charge < -0.3 is 10.1 Å². The van der Waals surface area contributed by atoms with Gasteiger partial charge in [0, 0.05) is 27.0 Å². The van der Waals surface area contributed by atoms with Crippen molar-refractivity contribution in [1.29, 1.82) is 0 Å². The molecule has 0 unspecified atom stereocenters. The van der Waals surface area contributed by atoms with Gasteiger partial charge >= 0.3 is 0 Å². The van der Waals surface area contributed by atoms with Gasteiger partial charge in [0.15, 0.2) is 15.5 Å². The molecule has 0 amide bonds. The summed E-state index contributed by atoms with van der Waals surface area (Å²) in [6, 6.07) is 9.45. The van der Waals surface area contributed by atoms with E-state index in [0.29, 0.717) is 35.9 Å². The fourth-order valence-electron chi connectivity index (χ4n) is 2.99. The molecule has 0 aliphatic carbocycles. The van der Waals surface area contributed by atoms with Crippen LogP contribution < -0.4 is 5.32 Å². The van der Waals surface area contributed by atoms with Crippen LogP contribution in [-0.2, 0) is 21.3 Å². The van der Waals surface area contributed by atoms with Crippen LogP contribution >= 0.6 is 11.6 Å². The van der Waals surface area contributed by atoms with Gasteiger partial charge in [0.1, 0.15) is 23.2 Å². The Morgan fingerprint density at radius 2 is 1.87 bits per heavy atom. The second-order valence-corrected chi connectivity index (χ2v) is 16.5. The summed E-state index contributed by atoms with van der Waals surface area (Å²) in [5, 5.41) is 3.46. The first kappa shape index (κ1) is 22.7. The van der Waals surface area contributed by atoms with Crippen LogP contribution in [0.4, 0.5) is 11.4 Å². The number of nitrogens with one attached hydrogen (secondary N) is 1. The number of anilines is 2. The first-order valence-corrected chi connectivity index (χ1v) is 15.6. The number of aromatic nitrogens is 3. The fourth-order valence-corrected chi connectivity index (χ4v) is 4.78. The minimum atomic E-state index is -3.40. The van der Waals surface area contributed by atoms with E-state index in [1.807, 2.05) is 11.5 Å². The molecule has 162 valence electrons. The standard InChI is InChI=1S/C20H27ClN4O3SSi/c1-14-22-19-16(23-15-8-6-7-9-17(15)29(2,26)27)12-18(21)24-20(19)25(14)13-28-10-11-30(3,4)5/h6-9,12H,10-11,13H2,1-5H3,(H,23,24). The van der Waals surface area contributed by atoms with E-state index in [9.17, 15) is 8.42 Å². The Bertz CT molecular complexity index is 1170. The number of benzene rings is 1. The zero-order valence-corrected chi connectivity index (χ0v) is 20.4. The third kappa shape index (κ3) is 5.40. The molecule has 3 rings (SSSR count). The zero-order chi connectivity index (χ0) is 22.1. The van der Waals surface area contributed by atoms with E-state index < -0.39 is 17.9 Å². The minimum Gasteiger partial charge on any atom is -0.361 e. The van der Waals surface area contributed by atoms with E-state index in [1.54, 1.807) is 30.3 Å². The number of halogens is 1. The Kier molecular flexibility index (Phi) is 6.56. The number of imidazole rings is 1. The molecule has 1 N–H and O–H groups in total. The fraction of sp³-hybridized carbons (Fsp3) is 0.400. The average molecular weight is 467 g/mol. The number of ether oxygens (including phenoxy) is 1. The molecule has 30 heavy (non-hydrogen) atoms. The van der Waals surface area contributed by atoms with Crippen molar-refractivity contribution in [1.82, 2.24) is 14.5 Å². The highest BCUT2D eigenvalue weighted by Gasteiger charge is 2.18. The van der Waals surface area contributed by atoms with Crippen LogP contribution in [0.25, 0.3) is 11.2 Å². The maximum Gasteiger partial charge on any atom is 0.177 e. The molecule has 0 saturated carbocycles. The lowest BCUT2D eigenvalue weighted by Crippen LogP contribution is -2.22. The highest BCUT2D eigenvalue weighted by atomic mass is 35.5. The normalized spacial score (nSPS) is 12.5. The van der Waals surface area contributed by atoms with E-state index in [1.165, 1.54) is 6.26 Å². The van der Waals surface area contributed by atoms with E-state index in [4.69, 9.17) is 16.3 Å². The molecule has 10 heteroatoms. The molecule has 2 heterocycles. The van der Waals surface area contributed by atoms with Crippen molar-refractivity contribution >= 4 is 52.1 Å². The molecule has 2 aromatic heterocycles. The van der Waals surface area contributed by atoms with Crippen molar-refractivity contribution < 1.29 is 13.2 Å². The molecule has 3 aromatic rings. The number of sulfone groups is 1. The van der Waals surface area contributed by atoms with Crippen molar-refractivity contribution in [2.45, 2.75) is 44.2 Å². The summed E-state index contributed by atoms with van der Waals surface area (Å²) < 4.78 is 32.0. The predicted molar refractivity (Wildman–Crippen MR) is 124 cm³/mol. The topological polar surface area (TPSA) is 86.1 Å². The number of rotatable bonds is 8. The molecule has 0 fully saturated rings. The Balaban J connectivity index is 1.95. The molecule has 1 aromatic carbocycles. The maximum absolute atomic E-state index is 12.1. The lowest BCUT2D eigenvalue weighted by atomic mass is 10.3. The second-order valence-electron chi connectivity index (χ2n) is 8.49. The molecule has 7 nitrogen and oxygen atoms in total. The smallest absolute Gasteiger partial charge is 0.177 e. The van der Waals surface area contributed by atoms with Crippen LogP contribution in [-0.4, -0.2) is 43.9 Å². The van der Waals surface area contributed by atoms with Gasteiger partial charge in [0.25, 0.3) is 0 Å². The molecule has 0 atom stereocenters. The summed E-state index contributed by atoms with van der Waals surface area (Å²) >= 11 is 6.28. The van der Waals surface area contributed by atoms with Crippen molar-refractivity contribution in [2.75, 3.05) is 18.2 Å². The molecule has 0 radical (unpaired) electrons. The van der Waals surface area contributed by atoms with E-state index in [2.05, 4.69) is 34.9 Å². The number of hydrogen-bond acceptors (Lipinski definition) is 6. The number of aryl methyl sites for hydroxylation is 1. The van der Waals surface area contributed by atoms with Crippen molar-refractivity contribution in [2.24, 2.45) is 0 Å². The number of nitrogens with zero attached hydrogens (tertiary/aromatic N) is 3.